The van der Waals surface area contributed by atoms with Crippen LogP contribution in [0.15, 0.2) is 0 Å². The summed E-state index contributed by atoms with van der Waals surface area (Å²) in [5.74, 6) is 2.12. The van der Waals surface area contributed by atoms with Crippen LogP contribution in [-0.4, -0.2) is 11.6 Å². The van der Waals surface area contributed by atoms with E-state index in [0.29, 0.717) is 11.3 Å². The van der Waals surface area contributed by atoms with E-state index < -0.39 is 5.41 Å². The van der Waals surface area contributed by atoms with E-state index in [-0.39, 0.29) is 17.0 Å². The van der Waals surface area contributed by atoms with E-state index in [1.807, 2.05) is 34.6 Å². The summed E-state index contributed by atoms with van der Waals surface area (Å²) in [7, 11) is 0. The number of hydrogen-bond donors (Lipinski definition) is 0. The van der Waals surface area contributed by atoms with E-state index >= 15 is 0 Å². The molecule has 140 valence electrons. The highest BCUT2D eigenvalue weighted by atomic mass is 16.6. The highest BCUT2D eigenvalue weighted by Gasteiger charge is 2.69. The summed E-state index contributed by atoms with van der Waals surface area (Å²) in [6.07, 6.45) is 6.31. The predicted molar refractivity (Wildman–Crippen MR) is 101 cm³/mol. The Kier molecular flexibility index (Phi) is 4.97. The monoisotopic (exact) mass is 336 g/mol. The molecule has 0 saturated heterocycles. The van der Waals surface area contributed by atoms with Gasteiger partial charge < -0.3 is 4.74 Å². The van der Waals surface area contributed by atoms with Gasteiger partial charge in [0, 0.05) is 5.92 Å². The molecule has 5 atom stereocenters. The summed E-state index contributed by atoms with van der Waals surface area (Å²) < 4.78 is 6.17. The van der Waals surface area contributed by atoms with Crippen LogP contribution in [0.1, 0.15) is 94.4 Å². The second-order valence-corrected chi connectivity index (χ2v) is 10.3. The maximum Gasteiger partial charge on any atom is 0.311 e. The molecule has 3 aliphatic rings. The smallest absolute Gasteiger partial charge is 0.311 e. The van der Waals surface area contributed by atoms with Crippen LogP contribution in [0.5, 0.6) is 0 Å². The quantitative estimate of drug-likeness (QED) is 0.530. The predicted octanol–water partition coefficient (Wildman–Crippen LogP) is 6.23. The molecule has 24 heavy (non-hydrogen) atoms. The third kappa shape index (κ3) is 2.72. The standard InChI is InChI=1S/C20H34O2.C2H6/c1-13-8-9-14-18(5,6)15-12-20(13,14)11-10-19(15,7)22-16(21)17(2,3)4;1-2/h13-15H,8-12H2,1-7H3;1-2H3. The third-order valence-electron chi connectivity index (χ3n) is 7.71. The molecule has 2 bridgehead atoms. The fraction of sp³-hybridized carbons (Fsp3) is 0.955. The van der Waals surface area contributed by atoms with Crippen molar-refractivity contribution >= 4 is 5.97 Å². The Morgan fingerprint density at radius 3 is 2.12 bits per heavy atom. The van der Waals surface area contributed by atoms with Gasteiger partial charge in [0.15, 0.2) is 0 Å². The molecule has 2 heteroatoms. The first-order valence-electron chi connectivity index (χ1n) is 10.2. The number of carbonyl (C=O) groups is 1. The molecule has 3 fully saturated rings. The summed E-state index contributed by atoms with van der Waals surface area (Å²) in [6, 6.07) is 0. The second kappa shape index (κ2) is 6.02. The van der Waals surface area contributed by atoms with Gasteiger partial charge >= 0.3 is 5.97 Å². The van der Waals surface area contributed by atoms with Gasteiger partial charge in [-0.3, -0.25) is 4.79 Å². The number of esters is 1. The minimum Gasteiger partial charge on any atom is -0.459 e. The summed E-state index contributed by atoms with van der Waals surface area (Å²) in [4.78, 5) is 12.5. The van der Waals surface area contributed by atoms with Crippen molar-refractivity contribution in [2.75, 3.05) is 0 Å². The van der Waals surface area contributed by atoms with E-state index in [1.54, 1.807) is 0 Å². The fourth-order valence-corrected chi connectivity index (χ4v) is 6.34. The van der Waals surface area contributed by atoms with Gasteiger partial charge in [-0.05, 0) is 82.5 Å². The van der Waals surface area contributed by atoms with E-state index in [1.165, 1.54) is 25.7 Å². The molecule has 0 radical (unpaired) electrons. The molecular formula is C22H40O2. The molecule has 0 aliphatic heterocycles. The lowest BCUT2D eigenvalue weighted by atomic mass is 9.64. The Balaban J connectivity index is 0.00000100. The highest BCUT2D eigenvalue weighted by molar-refractivity contribution is 5.75. The van der Waals surface area contributed by atoms with Gasteiger partial charge in [-0.25, -0.2) is 0 Å². The van der Waals surface area contributed by atoms with Crippen molar-refractivity contribution in [3.8, 4) is 0 Å². The van der Waals surface area contributed by atoms with Crippen molar-refractivity contribution in [3.63, 3.8) is 0 Å². The third-order valence-corrected chi connectivity index (χ3v) is 7.71. The summed E-state index contributed by atoms with van der Waals surface area (Å²) in [5, 5.41) is 0. The van der Waals surface area contributed by atoms with Crippen LogP contribution in [0.2, 0.25) is 0 Å². The SMILES string of the molecule is CC.CC1CCC2C(C)(C)C3CC12CCC3(C)OC(=O)C(C)(C)C. The van der Waals surface area contributed by atoms with Gasteiger partial charge in [-0.15, -0.1) is 0 Å². The van der Waals surface area contributed by atoms with Crippen LogP contribution in [0.25, 0.3) is 0 Å². The molecule has 3 aliphatic carbocycles. The van der Waals surface area contributed by atoms with Crippen LogP contribution in [0.4, 0.5) is 0 Å². The number of ether oxygens (including phenoxy) is 1. The molecule has 3 rings (SSSR count). The van der Waals surface area contributed by atoms with E-state index in [4.69, 9.17) is 4.74 Å². The van der Waals surface area contributed by atoms with Crippen molar-refractivity contribution in [2.45, 2.75) is 100 Å². The molecule has 0 aromatic heterocycles. The molecule has 0 N–H and O–H groups in total. The van der Waals surface area contributed by atoms with Gasteiger partial charge in [0.2, 0.25) is 0 Å². The highest BCUT2D eigenvalue weighted by Crippen LogP contribution is 2.73. The first-order chi connectivity index (χ1) is 10.9. The Morgan fingerprint density at radius 1 is 1.00 bits per heavy atom. The largest absolute Gasteiger partial charge is 0.459 e. The van der Waals surface area contributed by atoms with Gasteiger partial charge in [0.1, 0.15) is 5.60 Å². The average molecular weight is 337 g/mol. The molecule has 0 aromatic carbocycles. The van der Waals surface area contributed by atoms with Crippen LogP contribution >= 0.6 is 0 Å². The Hall–Kier alpha value is -0.530. The fourth-order valence-electron chi connectivity index (χ4n) is 6.34. The van der Waals surface area contributed by atoms with Crippen molar-refractivity contribution in [1.82, 2.24) is 0 Å². The molecular weight excluding hydrogens is 296 g/mol. The Bertz CT molecular complexity index is 487. The lowest BCUT2D eigenvalue weighted by Gasteiger charge is -2.47. The normalized spacial score (nSPS) is 42.8. The Labute approximate surface area is 150 Å². The average Bonchev–Trinajstić information content (AvgIpc) is 2.90. The topological polar surface area (TPSA) is 26.3 Å². The lowest BCUT2D eigenvalue weighted by Crippen LogP contribution is -2.49. The molecule has 0 heterocycles. The Morgan fingerprint density at radius 2 is 1.58 bits per heavy atom. The molecule has 0 aromatic rings. The zero-order valence-corrected chi connectivity index (χ0v) is 17.6. The molecule has 0 amide bonds. The summed E-state index contributed by atoms with van der Waals surface area (Å²) >= 11 is 0. The number of hydrogen-bond acceptors (Lipinski definition) is 2. The lowest BCUT2D eigenvalue weighted by molar-refractivity contribution is -0.183. The van der Waals surface area contributed by atoms with Crippen molar-refractivity contribution < 1.29 is 9.53 Å². The van der Waals surface area contributed by atoms with Crippen molar-refractivity contribution in [3.05, 3.63) is 0 Å². The van der Waals surface area contributed by atoms with E-state index in [0.717, 1.165) is 18.3 Å². The first-order valence-corrected chi connectivity index (χ1v) is 10.2. The molecule has 1 spiro atoms. The van der Waals surface area contributed by atoms with Gasteiger partial charge in [-0.1, -0.05) is 34.6 Å². The maximum absolute atomic E-state index is 12.5. The number of carbonyl (C=O) groups excluding carboxylic acids is 1. The van der Waals surface area contributed by atoms with Crippen LogP contribution in [0.3, 0.4) is 0 Å². The number of rotatable bonds is 1. The zero-order valence-electron chi connectivity index (χ0n) is 17.6. The first kappa shape index (κ1) is 19.8. The summed E-state index contributed by atoms with van der Waals surface area (Å²) in [6.45, 7) is 19.4. The van der Waals surface area contributed by atoms with Crippen molar-refractivity contribution in [2.24, 2.45) is 34.0 Å². The van der Waals surface area contributed by atoms with Gasteiger partial charge in [0.25, 0.3) is 0 Å². The summed E-state index contributed by atoms with van der Waals surface area (Å²) in [5.41, 5.74) is 0.128. The van der Waals surface area contributed by atoms with Crippen molar-refractivity contribution in [1.29, 1.82) is 0 Å². The molecule has 2 nitrogen and oxygen atoms in total. The maximum atomic E-state index is 12.5. The van der Waals surface area contributed by atoms with E-state index in [2.05, 4.69) is 27.7 Å². The zero-order chi connectivity index (χ0) is 18.6. The van der Waals surface area contributed by atoms with E-state index in [9.17, 15) is 4.79 Å². The van der Waals surface area contributed by atoms with Gasteiger partial charge in [0.05, 0.1) is 5.41 Å². The molecule has 3 saturated carbocycles. The van der Waals surface area contributed by atoms with Crippen LogP contribution < -0.4 is 0 Å². The van der Waals surface area contributed by atoms with Crippen LogP contribution in [-0.2, 0) is 9.53 Å². The second-order valence-electron chi connectivity index (χ2n) is 10.3. The molecule has 5 unspecified atom stereocenters. The van der Waals surface area contributed by atoms with Crippen LogP contribution in [0, 0.1) is 34.0 Å². The minimum atomic E-state index is -0.413. The van der Waals surface area contributed by atoms with Gasteiger partial charge in [-0.2, -0.15) is 0 Å². The minimum absolute atomic E-state index is 0.0353. The number of fused-ring (bicyclic) bond motifs is 1.